The van der Waals surface area contributed by atoms with Crippen molar-refractivity contribution in [1.82, 2.24) is 4.57 Å². The number of nitrogens with zero attached hydrogens (tertiary/aromatic N) is 1. The summed E-state index contributed by atoms with van der Waals surface area (Å²) in [6, 6.07) is 14.4. The molecular weight excluding hydrogens is 320 g/mol. The van der Waals surface area contributed by atoms with E-state index in [0.29, 0.717) is 0 Å². The molecule has 1 aromatic heterocycles. The molecular formula is C19H22N2O2S. The molecule has 1 atom stereocenters. The van der Waals surface area contributed by atoms with Crippen LogP contribution >= 0.6 is 11.3 Å². The molecule has 5 heteroatoms. The second-order valence-electron chi connectivity index (χ2n) is 6.08. The summed E-state index contributed by atoms with van der Waals surface area (Å²) < 4.78 is 7.91. The Kier molecular flexibility index (Phi) is 5.02. The number of rotatable bonds is 6. The minimum atomic E-state index is 0.0818. The fourth-order valence-electron chi connectivity index (χ4n) is 2.85. The molecule has 1 unspecified atom stereocenters. The predicted molar refractivity (Wildman–Crippen MR) is 100 cm³/mol. The third kappa shape index (κ3) is 3.68. The molecule has 2 aromatic carbocycles. The molecule has 0 spiro atoms. The number of methoxy groups -OCH3 is 1. The summed E-state index contributed by atoms with van der Waals surface area (Å²) >= 11 is 1.30. The third-order valence-corrected chi connectivity index (χ3v) is 5.31. The van der Waals surface area contributed by atoms with Gasteiger partial charge in [-0.2, -0.15) is 0 Å². The number of ether oxygens (including phenoxy) is 1. The van der Waals surface area contributed by atoms with Gasteiger partial charge < -0.3 is 15.0 Å². The fraction of sp³-hybridized carbons (Fsp3) is 0.316. The topological polar surface area (TPSA) is 57.2 Å². The first-order valence-corrected chi connectivity index (χ1v) is 8.85. The molecule has 0 aliphatic rings. The lowest BCUT2D eigenvalue weighted by molar-refractivity contribution is 0.414. The van der Waals surface area contributed by atoms with Crippen LogP contribution in [0.15, 0.2) is 47.3 Å². The first-order chi connectivity index (χ1) is 11.6. The van der Waals surface area contributed by atoms with Crippen molar-refractivity contribution < 1.29 is 4.74 Å². The summed E-state index contributed by atoms with van der Waals surface area (Å²) in [5.74, 6) is 0.863. The molecule has 126 valence electrons. The lowest BCUT2D eigenvalue weighted by Gasteiger charge is -2.12. The minimum absolute atomic E-state index is 0.0818. The number of benzene rings is 2. The number of hydrogen-bond acceptors (Lipinski definition) is 4. The van der Waals surface area contributed by atoms with E-state index in [0.717, 1.165) is 35.2 Å². The lowest BCUT2D eigenvalue weighted by Crippen LogP contribution is -2.23. The van der Waals surface area contributed by atoms with E-state index >= 15 is 0 Å². The van der Waals surface area contributed by atoms with Gasteiger partial charge in [0, 0.05) is 13.1 Å². The second-order valence-corrected chi connectivity index (χ2v) is 7.07. The van der Waals surface area contributed by atoms with E-state index in [1.54, 1.807) is 11.7 Å². The number of hydrogen-bond donors (Lipinski definition) is 1. The molecule has 0 saturated carbocycles. The number of fused-ring (bicyclic) bond motifs is 1. The van der Waals surface area contributed by atoms with Crippen molar-refractivity contribution in [2.75, 3.05) is 7.11 Å². The summed E-state index contributed by atoms with van der Waals surface area (Å²) in [5.41, 5.74) is 9.73. The zero-order valence-corrected chi connectivity index (χ0v) is 14.8. The van der Waals surface area contributed by atoms with Crippen molar-refractivity contribution in [3.8, 4) is 5.75 Å². The lowest BCUT2D eigenvalue weighted by atomic mass is 9.99. The Morgan fingerprint density at radius 2 is 1.88 bits per heavy atom. The summed E-state index contributed by atoms with van der Waals surface area (Å²) in [6.07, 6.45) is 2.69. The molecule has 3 rings (SSSR count). The molecule has 1 heterocycles. The van der Waals surface area contributed by atoms with Gasteiger partial charge in [0.15, 0.2) is 0 Å². The average Bonchev–Trinajstić information content (AvgIpc) is 2.87. The maximum Gasteiger partial charge on any atom is 0.307 e. The van der Waals surface area contributed by atoms with Crippen LogP contribution in [-0.4, -0.2) is 17.7 Å². The summed E-state index contributed by atoms with van der Waals surface area (Å²) in [4.78, 5) is 11.8. The molecule has 0 fully saturated rings. The Labute approximate surface area is 145 Å². The Bertz CT molecular complexity index is 881. The molecule has 3 aromatic rings. The highest BCUT2D eigenvalue weighted by Gasteiger charge is 2.08. The first-order valence-electron chi connectivity index (χ1n) is 8.04. The summed E-state index contributed by atoms with van der Waals surface area (Å²) in [5, 5.41) is 0. The van der Waals surface area contributed by atoms with Gasteiger partial charge in [0.2, 0.25) is 0 Å². The Hall–Kier alpha value is -2.11. The Balaban J connectivity index is 1.61. The molecule has 24 heavy (non-hydrogen) atoms. The molecule has 2 N–H and O–H groups in total. The zero-order valence-electron chi connectivity index (χ0n) is 14.0. The van der Waals surface area contributed by atoms with E-state index in [4.69, 9.17) is 10.5 Å². The smallest absolute Gasteiger partial charge is 0.307 e. The fourth-order valence-corrected chi connectivity index (χ4v) is 3.80. The van der Waals surface area contributed by atoms with Crippen molar-refractivity contribution in [2.45, 2.75) is 25.3 Å². The Morgan fingerprint density at radius 1 is 1.17 bits per heavy atom. The van der Waals surface area contributed by atoms with Crippen LogP contribution in [0.5, 0.6) is 5.75 Å². The third-order valence-electron chi connectivity index (χ3n) is 4.32. The van der Waals surface area contributed by atoms with Crippen LogP contribution < -0.4 is 15.3 Å². The van der Waals surface area contributed by atoms with Gasteiger partial charge in [-0.15, -0.1) is 0 Å². The van der Waals surface area contributed by atoms with Gasteiger partial charge in [-0.1, -0.05) is 29.5 Å². The van der Waals surface area contributed by atoms with Crippen LogP contribution in [0.25, 0.3) is 10.2 Å². The number of aromatic nitrogens is 1. The van der Waals surface area contributed by atoms with Crippen molar-refractivity contribution in [1.29, 1.82) is 0 Å². The number of thiazole rings is 1. The summed E-state index contributed by atoms with van der Waals surface area (Å²) in [7, 11) is 3.48. The standard InChI is InChI=1S/C19H22N2O2S/c1-21-17-10-6-14(12-18(17)24-19(21)22)3-7-15(20)11-13-4-8-16(23-2)9-5-13/h4-6,8-10,12,15H,3,7,11,20H2,1-2H3. The highest BCUT2D eigenvalue weighted by molar-refractivity contribution is 7.16. The maximum absolute atomic E-state index is 11.7. The van der Waals surface area contributed by atoms with E-state index in [1.807, 2.05) is 25.2 Å². The molecule has 0 aliphatic heterocycles. The van der Waals surface area contributed by atoms with Gasteiger partial charge in [-0.25, -0.2) is 0 Å². The van der Waals surface area contributed by atoms with E-state index in [9.17, 15) is 4.79 Å². The van der Waals surface area contributed by atoms with E-state index in [1.165, 1.54) is 22.5 Å². The van der Waals surface area contributed by atoms with Gasteiger partial charge in [-0.05, 0) is 54.7 Å². The van der Waals surface area contributed by atoms with Gasteiger partial charge >= 0.3 is 4.87 Å². The van der Waals surface area contributed by atoms with Crippen LogP contribution in [-0.2, 0) is 19.9 Å². The van der Waals surface area contributed by atoms with E-state index in [-0.39, 0.29) is 10.9 Å². The SMILES string of the molecule is COc1ccc(CC(N)CCc2ccc3c(c2)sc(=O)n3C)cc1. The van der Waals surface area contributed by atoms with Crippen LogP contribution in [0.1, 0.15) is 17.5 Å². The van der Waals surface area contributed by atoms with Crippen LogP contribution in [0.3, 0.4) is 0 Å². The molecule has 0 saturated heterocycles. The number of aryl methyl sites for hydroxylation is 2. The van der Waals surface area contributed by atoms with Crippen molar-refractivity contribution >= 4 is 21.6 Å². The van der Waals surface area contributed by atoms with Gasteiger partial charge in [0.25, 0.3) is 0 Å². The van der Waals surface area contributed by atoms with Crippen LogP contribution in [0.2, 0.25) is 0 Å². The predicted octanol–water partition coefficient (Wildman–Crippen LogP) is 3.11. The minimum Gasteiger partial charge on any atom is -0.497 e. The van der Waals surface area contributed by atoms with E-state index < -0.39 is 0 Å². The maximum atomic E-state index is 11.7. The highest BCUT2D eigenvalue weighted by atomic mass is 32.1. The van der Waals surface area contributed by atoms with Crippen molar-refractivity contribution in [2.24, 2.45) is 12.8 Å². The number of nitrogens with two attached hydrogens (primary N) is 1. The quantitative estimate of drug-likeness (QED) is 0.749. The van der Waals surface area contributed by atoms with Crippen LogP contribution in [0, 0.1) is 0 Å². The Morgan fingerprint density at radius 3 is 2.58 bits per heavy atom. The molecule has 0 amide bonds. The molecule has 0 aliphatic carbocycles. The second kappa shape index (κ2) is 7.20. The van der Waals surface area contributed by atoms with Gasteiger partial charge in [0.05, 0.1) is 17.3 Å². The normalized spacial score (nSPS) is 12.5. The average molecular weight is 342 g/mol. The van der Waals surface area contributed by atoms with Crippen LogP contribution in [0.4, 0.5) is 0 Å². The molecule has 4 nitrogen and oxygen atoms in total. The highest BCUT2D eigenvalue weighted by Crippen LogP contribution is 2.20. The summed E-state index contributed by atoms with van der Waals surface area (Å²) in [6.45, 7) is 0. The molecule has 0 radical (unpaired) electrons. The van der Waals surface area contributed by atoms with Gasteiger partial charge in [-0.3, -0.25) is 4.79 Å². The monoisotopic (exact) mass is 342 g/mol. The first kappa shape index (κ1) is 16.7. The zero-order chi connectivity index (χ0) is 17.1. The largest absolute Gasteiger partial charge is 0.497 e. The van der Waals surface area contributed by atoms with Crippen molar-refractivity contribution in [3.63, 3.8) is 0 Å². The van der Waals surface area contributed by atoms with E-state index in [2.05, 4.69) is 24.3 Å². The van der Waals surface area contributed by atoms with Crippen molar-refractivity contribution in [3.05, 3.63) is 63.3 Å². The molecule has 0 bridgehead atoms. The van der Waals surface area contributed by atoms with Gasteiger partial charge in [0.1, 0.15) is 5.75 Å².